The first-order valence-corrected chi connectivity index (χ1v) is 13.4. The Morgan fingerprint density at radius 3 is 2.63 bits per heavy atom. The molecule has 0 aliphatic carbocycles. The number of halogens is 1. The summed E-state index contributed by atoms with van der Waals surface area (Å²) in [4.78, 5) is 20.7. The monoisotopic (exact) mass is 490 g/mol. The average molecular weight is 491 g/mol. The second-order valence-corrected chi connectivity index (χ2v) is 10.6. The molecule has 2 aliphatic heterocycles. The van der Waals surface area contributed by atoms with Crippen LogP contribution in [0, 0.1) is 12.8 Å². The van der Waals surface area contributed by atoms with E-state index < -0.39 is 0 Å². The molecule has 184 valence electrons. The SMILES string of the molecule is Cc1cccc(CN2CCC(CNC(=O)c3nc(-c4ccc(Cl)cc4)n4c3CCCCC4)CC2)c1. The number of rotatable bonds is 6. The van der Waals surface area contributed by atoms with Crippen molar-refractivity contribution < 1.29 is 4.79 Å². The smallest absolute Gasteiger partial charge is 0.271 e. The van der Waals surface area contributed by atoms with Crippen molar-refractivity contribution in [2.24, 2.45) is 5.92 Å². The van der Waals surface area contributed by atoms with Gasteiger partial charge in [-0.1, -0.05) is 47.9 Å². The number of likely N-dealkylation sites (tertiary alicyclic amines) is 1. The highest BCUT2D eigenvalue weighted by molar-refractivity contribution is 6.30. The van der Waals surface area contributed by atoms with Crippen LogP contribution in [0.3, 0.4) is 0 Å². The van der Waals surface area contributed by atoms with Crippen LogP contribution in [0.25, 0.3) is 11.4 Å². The van der Waals surface area contributed by atoms with Gasteiger partial charge in [0, 0.05) is 30.2 Å². The van der Waals surface area contributed by atoms with Gasteiger partial charge in [0.25, 0.3) is 5.91 Å². The number of carbonyl (C=O) groups is 1. The summed E-state index contributed by atoms with van der Waals surface area (Å²) in [6.07, 6.45) is 6.54. The molecule has 2 aromatic carbocycles. The van der Waals surface area contributed by atoms with Gasteiger partial charge in [0.2, 0.25) is 0 Å². The van der Waals surface area contributed by atoms with E-state index in [0.717, 1.165) is 81.9 Å². The topological polar surface area (TPSA) is 50.2 Å². The van der Waals surface area contributed by atoms with Gasteiger partial charge >= 0.3 is 0 Å². The minimum atomic E-state index is -0.0296. The van der Waals surface area contributed by atoms with Crippen LogP contribution < -0.4 is 5.32 Å². The van der Waals surface area contributed by atoms with E-state index in [0.29, 0.717) is 16.6 Å². The van der Waals surface area contributed by atoms with Crippen LogP contribution in [-0.2, 0) is 19.5 Å². The lowest BCUT2D eigenvalue weighted by Gasteiger charge is -2.32. The van der Waals surface area contributed by atoms with Gasteiger partial charge in [-0.25, -0.2) is 4.98 Å². The number of imidazole rings is 1. The van der Waals surface area contributed by atoms with Crippen molar-refractivity contribution in [3.05, 3.63) is 76.1 Å². The molecule has 1 aromatic heterocycles. The second kappa shape index (κ2) is 11.0. The van der Waals surface area contributed by atoms with Crippen LogP contribution in [0.1, 0.15) is 59.4 Å². The van der Waals surface area contributed by atoms with Crippen molar-refractivity contribution in [1.29, 1.82) is 0 Å². The van der Waals surface area contributed by atoms with Gasteiger partial charge in [0.05, 0.1) is 5.69 Å². The van der Waals surface area contributed by atoms with Gasteiger partial charge in [0.15, 0.2) is 0 Å². The fourth-order valence-electron chi connectivity index (χ4n) is 5.46. The molecular weight excluding hydrogens is 456 g/mol. The molecule has 1 fully saturated rings. The van der Waals surface area contributed by atoms with Gasteiger partial charge in [-0.15, -0.1) is 0 Å². The van der Waals surface area contributed by atoms with E-state index >= 15 is 0 Å². The first-order valence-electron chi connectivity index (χ1n) is 13.0. The Bertz CT molecular complexity index is 1160. The number of hydrogen-bond acceptors (Lipinski definition) is 3. The lowest BCUT2D eigenvalue weighted by molar-refractivity contribution is 0.0929. The first-order chi connectivity index (χ1) is 17.1. The molecule has 1 amide bonds. The molecule has 35 heavy (non-hydrogen) atoms. The zero-order valence-electron chi connectivity index (χ0n) is 20.6. The number of benzene rings is 2. The highest BCUT2D eigenvalue weighted by Gasteiger charge is 2.26. The number of carbonyl (C=O) groups excluding carboxylic acids is 1. The number of amides is 1. The molecule has 3 heterocycles. The maximum absolute atomic E-state index is 13.3. The highest BCUT2D eigenvalue weighted by atomic mass is 35.5. The molecule has 2 aliphatic rings. The van der Waals surface area contributed by atoms with E-state index in [2.05, 4.69) is 46.0 Å². The van der Waals surface area contributed by atoms with Crippen LogP contribution in [0.2, 0.25) is 5.02 Å². The molecule has 0 bridgehead atoms. The largest absolute Gasteiger partial charge is 0.350 e. The Kier molecular flexibility index (Phi) is 7.54. The van der Waals surface area contributed by atoms with Crippen molar-refractivity contribution in [3.63, 3.8) is 0 Å². The summed E-state index contributed by atoms with van der Waals surface area (Å²) in [5, 5.41) is 3.94. The second-order valence-electron chi connectivity index (χ2n) is 10.1. The van der Waals surface area contributed by atoms with E-state index in [1.54, 1.807) is 0 Å². The number of aryl methyl sites for hydroxylation is 1. The van der Waals surface area contributed by atoms with E-state index in [4.69, 9.17) is 16.6 Å². The van der Waals surface area contributed by atoms with Crippen molar-refractivity contribution in [3.8, 4) is 11.4 Å². The summed E-state index contributed by atoms with van der Waals surface area (Å²) < 4.78 is 2.26. The standard InChI is InChI=1S/C29H35ClN4O/c1-21-6-5-7-23(18-21)20-33-16-13-22(14-17-33)19-31-29(35)27-26-8-3-2-4-15-34(26)28(32-27)24-9-11-25(30)12-10-24/h5-7,9-12,18,22H,2-4,8,13-17,19-20H2,1H3,(H,31,35). The van der Waals surface area contributed by atoms with E-state index in [-0.39, 0.29) is 5.91 Å². The fraction of sp³-hybridized carbons (Fsp3) is 0.448. The predicted octanol–water partition coefficient (Wildman–Crippen LogP) is 5.88. The molecular formula is C29H35ClN4O. The minimum absolute atomic E-state index is 0.0296. The molecule has 0 unspecified atom stereocenters. The van der Waals surface area contributed by atoms with E-state index in [9.17, 15) is 4.79 Å². The van der Waals surface area contributed by atoms with Crippen molar-refractivity contribution in [2.75, 3.05) is 19.6 Å². The van der Waals surface area contributed by atoms with Crippen molar-refractivity contribution >= 4 is 17.5 Å². The Labute approximate surface area is 213 Å². The molecule has 0 radical (unpaired) electrons. The predicted molar refractivity (Wildman–Crippen MR) is 142 cm³/mol. The first kappa shape index (κ1) is 24.1. The molecule has 1 N–H and O–H groups in total. The van der Waals surface area contributed by atoms with Gasteiger partial charge in [-0.2, -0.15) is 0 Å². The van der Waals surface area contributed by atoms with Crippen molar-refractivity contribution in [1.82, 2.24) is 19.8 Å². The summed E-state index contributed by atoms with van der Waals surface area (Å²) in [5.74, 6) is 1.37. The van der Waals surface area contributed by atoms with Gasteiger partial charge in [0.1, 0.15) is 11.5 Å². The minimum Gasteiger partial charge on any atom is -0.350 e. The number of nitrogens with one attached hydrogen (secondary N) is 1. The van der Waals surface area contributed by atoms with Gasteiger partial charge in [-0.05, 0) is 87.9 Å². The van der Waals surface area contributed by atoms with Crippen LogP contribution in [0.5, 0.6) is 0 Å². The summed E-state index contributed by atoms with van der Waals surface area (Å²) in [6, 6.07) is 16.5. The molecule has 0 spiro atoms. The Morgan fingerprint density at radius 2 is 1.86 bits per heavy atom. The van der Waals surface area contributed by atoms with Crippen LogP contribution >= 0.6 is 11.6 Å². The average Bonchev–Trinajstić information content (AvgIpc) is 3.04. The number of aromatic nitrogens is 2. The van der Waals surface area contributed by atoms with Gasteiger partial charge < -0.3 is 9.88 Å². The number of piperidine rings is 1. The Morgan fingerprint density at radius 1 is 1.06 bits per heavy atom. The molecule has 5 rings (SSSR count). The Balaban J connectivity index is 1.21. The maximum atomic E-state index is 13.3. The summed E-state index contributed by atoms with van der Waals surface area (Å²) in [7, 11) is 0. The lowest BCUT2D eigenvalue weighted by Crippen LogP contribution is -2.38. The van der Waals surface area contributed by atoms with Crippen molar-refractivity contribution in [2.45, 2.75) is 58.5 Å². The van der Waals surface area contributed by atoms with E-state index in [1.165, 1.54) is 17.5 Å². The molecule has 0 saturated carbocycles. The third-order valence-corrected chi connectivity index (χ3v) is 7.68. The zero-order chi connectivity index (χ0) is 24.2. The zero-order valence-corrected chi connectivity index (χ0v) is 21.4. The summed E-state index contributed by atoms with van der Waals surface area (Å²) in [6.45, 7) is 6.95. The molecule has 6 heteroatoms. The van der Waals surface area contributed by atoms with Crippen LogP contribution in [-0.4, -0.2) is 40.0 Å². The number of nitrogens with zero attached hydrogens (tertiary/aromatic N) is 3. The van der Waals surface area contributed by atoms with Gasteiger partial charge in [-0.3, -0.25) is 9.69 Å². The summed E-state index contributed by atoms with van der Waals surface area (Å²) >= 11 is 6.10. The quantitative estimate of drug-likeness (QED) is 0.469. The van der Waals surface area contributed by atoms with Crippen LogP contribution in [0.4, 0.5) is 0 Å². The third kappa shape index (κ3) is 5.79. The third-order valence-electron chi connectivity index (χ3n) is 7.43. The normalized spacial score (nSPS) is 17.1. The Hall–Kier alpha value is -2.63. The molecule has 5 nitrogen and oxygen atoms in total. The van der Waals surface area contributed by atoms with E-state index in [1.807, 2.05) is 24.3 Å². The fourth-order valence-corrected chi connectivity index (χ4v) is 5.59. The lowest BCUT2D eigenvalue weighted by atomic mass is 9.96. The number of fused-ring (bicyclic) bond motifs is 1. The van der Waals surface area contributed by atoms with Crippen LogP contribution in [0.15, 0.2) is 48.5 Å². The summed E-state index contributed by atoms with van der Waals surface area (Å²) in [5.41, 5.74) is 5.40. The maximum Gasteiger partial charge on any atom is 0.271 e. The molecule has 0 atom stereocenters. The molecule has 1 saturated heterocycles. The number of hydrogen-bond donors (Lipinski definition) is 1. The highest BCUT2D eigenvalue weighted by Crippen LogP contribution is 2.28. The molecule has 3 aromatic rings.